The lowest BCUT2D eigenvalue weighted by Gasteiger charge is -2.07. The van der Waals surface area contributed by atoms with Gasteiger partial charge in [0.15, 0.2) is 5.78 Å². The maximum Gasteiger partial charge on any atom is 0.150 e. The van der Waals surface area contributed by atoms with Gasteiger partial charge in [-0.15, -0.1) is 0 Å². The molecule has 0 aliphatic rings. The van der Waals surface area contributed by atoms with Crippen LogP contribution in [0.15, 0.2) is 0 Å². The van der Waals surface area contributed by atoms with Gasteiger partial charge in [-0.05, 0) is 6.42 Å². The van der Waals surface area contributed by atoms with Gasteiger partial charge in [0.1, 0.15) is 9.84 Å². The van der Waals surface area contributed by atoms with Gasteiger partial charge in [-0.1, -0.05) is 13.3 Å². The Labute approximate surface area is 79.4 Å². The smallest absolute Gasteiger partial charge is 0.150 e. The van der Waals surface area contributed by atoms with Crippen molar-refractivity contribution in [2.75, 3.05) is 12.0 Å². The summed E-state index contributed by atoms with van der Waals surface area (Å²) in [6.07, 6.45) is 2.63. The molecule has 2 N–H and O–H groups in total. The van der Waals surface area contributed by atoms with Gasteiger partial charge in [0.05, 0.1) is 11.8 Å². The van der Waals surface area contributed by atoms with E-state index in [2.05, 4.69) is 0 Å². The number of hydrogen-bond acceptors (Lipinski definition) is 4. The summed E-state index contributed by atoms with van der Waals surface area (Å²) < 4.78 is 21.4. The third kappa shape index (κ3) is 6.72. The fourth-order valence-corrected chi connectivity index (χ4v) is 1.52. The SMILES string of the molecule is CCCC(N)C(=O)CCS(C)(=O)=O. The van der Waals surface area contributed by atoms with Crippen LogP contribution in [-0.2, 0) is 14.6 Å². The van der Waals surface area contributed by atoms with Gasteiger partial charge in [-0.2, -0.15) is 0 Å². The van der Waals surface area contributed by atoms with E-state index in [9.17, 15) is 13.2 Å². The van der Waals surface area contributed by atoms with E-state index in [4.69, 9.17) is 5.73 Å². The molecule has 1 unspecified atom stereocenters. The second kappa shape index (κ2) is 5.34. The summed E-state index contributed by atoms with van der Waals surface area (Å²) in [5.74, 6) is -0.254. The zero-order valence-electron chi connectivity index (χ0n) is 8.12. The van der Waals surface area contributed by atoms with Crippen LogP contribution in [0.25, 0.3) is 0 Å². The highest BCUT2D eigenvalue weighted by Gasteiger charge is 2.14. The van der Waals surface area contributed by atoms with Crippen LogP contribution in [0.4, 0.5) is 0 Å². The molecule has 0 aromatic heterocycles. The van der Waals surface area contributed by atoms with E-state index in [-0.39, 0.29) is 18.0 Å². The Morgan fingerprint density at radius 1 is 1.46 bits per heavy atom. The quantitative estimate of drug-likeness (QED) is 0.671. The summed E-state index contributed by atoms with van der Waals surface area (Å²) in [4.78, 5) is 11.2. The van der Waals surface area contributed by atoms with Crippen LogP contribution in [0.5, 0.6) is 0 Å². The molecule has 5 heteroatoms. The first-order valence-corrected chi connectivity index (χ1v) is 6.39. The maximum atomic E-state index is 11.2. The van der Waals surface area contributed by atoms with Gasteiger partial charge in [-0.25, -0.2) is 8.42 Å². The first kappa shape index (κ1) is 12.6. The molecule has 13 heavy (non-hydrogen) atoms. The predicted molar refractivity (Wildman–Crippen MR) is 52.2 cm³/mol. The highest BCUT2D eigenvalue weighted by Crippen LogP contribution is 1.99. The summed E-state index contributed by atoms with van der Waals surface area (Å²) >= 11 is 0. The number of hydrogen-bond donors (Lipinski definition) is 1. The number of rotatable bonds is 6. The summed E-state index contributed by atoms with van der Waals surface area (Å²) in [5, 5.41) is 0. The number of sulfone groups is 1. The van der Waals surface area contributed by atoms with Gasteiger partial charge in [0.2, 0.25) is 0 Å². The van der Waals surface area contributed by atoms with Gasteiger partial charge < -0.3 is 5.73 Å². The zero-order chi connectivity index (χ0) is 10.5. The highest BCUT2D eigenvalue weighted by molar-refractivity contribution is 7.90. The number of ketones is 1. The van der Waals surface area contributed by atoms with Crippen molar-refractivity contribution in [2.45, 2.75) is 32.2 Å². The molecule has 0 aliphatic carbocycles. The van der Waals surface area contributed by atoms with Gasteiger partial charge >= 0.3 is 0 Å². The molecule has 0 saturated carbocycles. The second-order valence-corrected chi connectivity index (χ2v) is 5.50. The molecular formula is C8H17NO3S. The molecule has 0 aliphatic heterocycles. The lowest BCUT2D eigenvalue weighted by atomic mass is 10.1. The fraction of sp³-hybridized carbons (Fsp3) is 0.875. The monoisotopic (exact) mass is 207 g/mol. The third-order valence-electron chi connectivity index (χ3n) is 1.73. The Morgan fingerprint density at radius 2 is 2.00 bits per heavy atom. The molecule has 0 saturated heterocycles. The molecular weight excluding hydrogens is 190 g/mol. The molecule has 0 spiro atoms. The summed E-state index contributed by atoms with van der Waals surface area (Å²) in [6, 6.07) is -0.494. The van der Waals surface area contributed by atoms with Gasteiger partial charge in [0, 0.05) is 12.7 Å². The van der Waals surface area contributed by atoms with Crippen molar-refractivity contribution < 1.29 is 13.2 Å². The van der Waals surface area contributed by atoms with Gasteiger partial charge in [0.25, 0.3) is 0 Å². The molecule has 0 aromatic rings. The van der Waals surface area contributed by atoms with Gasteiger partial charge in [-0.3, -0.25) is 4.79 Å². The van der Waals surface area contributed by atoms with Crippen molar-refractivity contribution >= 4 is 15.6 Å². The van der Waals surface area contributed by atoms with E-state index in [0.29, 0.717) is 6.42 Å². The van der Waals surface area contributed by atoms with E-state index < -0.39 is 15.9 Å². The highest BCUT2D eigenvalue weighted by atomic mass is 32.2. The van der Waals surface area contributed by atoms with Crippen molar-refractivity contribution in [2.24, 2.45) is 5.73 Å². The van der Waals surface area contributed by atoms with Crippen LogP contribution in [0.1, 0.15) is 26.2 Å². The standard InChI is InChI=1S/C8H17NO3S/c1-3-4-7(9)8(10)5-6-13(2,11)12/h7H,3-6,9H2,1-2H3. The Morgan fingerprint density at radius 3 is 2.38 bits per heavy atom. The van der Waals surface area contributed by atoms with Crippen molar-refractivity contribution in [3.05, 3.63) is 0 Å². The van der Waals surface area contributed by atoms with E-state index in [1.807, 2.05) is 6.92 Å². The Balaban J connectivity index is 3.88. The van der Waals surface area contributed by atoms with Crippen molar-refractivity contribution in [1.29, 1.82) is 0 Å². The molecule has 0 radical (unpaired) electrons. The fourth-order valence-electron chi connectivity index (χ4n) is 0.943. The Hall–Kier alpha value is -0.420. The number of carbonyl (C=O) groups is 1. The third-order valence-corrected chi connectivity index (χ3v) is 2.68. The van der Waals surface area contributed by atoms with E-state index in [1.165, 1.54) is 0 Å². The van der Waals surface area contributed by atoms with E-state index >= 15 is 0 Å². The van der Waals surface area contributed by atoms with Crippen LogP contribution in [0.3, 0.4) is 0 Å². The number of Topliss-reactive ketones (excluding diaryl/α,β-unsaturated/α-hetero) is 1. The van der Waals surface area contributed by atoms with Crippen molar-refractivity contribution in [3.63, 3.8) is 0 Å². The van der Waals surface area contributed by atoms with E-state index in [1.54, 1.807) is 0 Å². The summed E-state index contributed by atoms with van der Waals surface area (Å²) in [6.45, 7) is 1.93. The summed E-state index contributed by atoms with van der Waals surface area (Å²) in [5.41, 5.74) is 5.51. The predicted octanol–water partition coefficient (Wildman–Crippen LogP) is 0.118. The van der Waals surface area contributed by atoms with Crippen LogP contribution in [-0.4, -0.2) is 32.3 Å². The van der Waals surface area contributed by atoms with Crippen LogP contribution in [0, 0.1) is 0 Å². The first-order chi connectivity index (χ1) is 5.87. The van der Waals surface area contributed by atoms with E-state index in [0.717, 1.165) is 12.7 Å². The van der Waals surface area contributed by atoms with Crippen LogP contribution in [0.2, 0.25) is 0 Å². The first-order valence-electron chi connectivity index (χ1n) is 4.33. The van der Waals surface area contributed by atoms with Crippen LogP contribution >= 0.6 is 0 Å². The lowest BCUT2D eigenvalue weighted by molar-refractivity contribution is -0.120. The topological polar surface area (TPSA) is 77.2 Å². The molecule has 0 amide bonds. The van der Waals surface area contributed by atoms with Crippen LogP contribution < -0.4 is 5.73 Å². The zero-order valence-corrected chi connectivity index (χ0v) is 8.93. The molecule has 0 fully saturated rings. The lowest BCUT2D eigenvalue weighted by Crippen LogP contribution is -2.31. The molecule has 0 heterocycles. The second-order valence-electron chi connectivity index (χ2n) is 3.24. The molecule has 0 aromatic carbocycles. The largest absolute Gasteiger partial charge is 0.322 e. The number of carbonyl (C=O) groups excluding carboxylic acids is 1. The molecule has 78 valence electrons. The minimum absolute atomic E-state index is 0.0417. The Kier molecular flexibility index (Phi) is 5.17. The number of nitrogens with two attached hydrogens (primary N) is 1. The molecule has 0 rings (SSSR count). The average Bonchev–Trinajstić information content (AvgIpc) is 1.99. The normalized spacial score (nSPS) is 14.1. The maximum absolute atomic E-state index is 11.2. The molecule has 1 atom stereocenters. The van der Waals surface area contributed by atoms with Crippen molar-refractivity contribution in [1.82, 2.24) is 0 Å². The minimum Gasteiger partial charge on any atom is -0.322 e. The minimum atomic E-state index is -3.04. The Bertz CT molecular complexity index is 259. The summed E-state index contributed by atoms with van der Waals surface area (Å²) in [7, 11) is -3.04. The molecule has 0 bridgehead atoms. The van der Waals surface area contributed by atoms with Crippen molar-refractivity contribution in [3.8, 4) is 0 Å². The average molecular weight is 207 g/mol. The molecule has 4 nitrogen and oxygen atoms in total.